The molecule has 0 spiro atoms. The Balaban J connectivity index is 2.16. The van der Waals surface area contributed by atoms with Crippen LogP contribution >= 0.6 is 0 Å². The van der Waals surface area contributed by atoms with Gasteiger partial charge in [-0.25, -0.2) is 0 Å². The van der Waals surface area contributed by atoms with Crippen molar-refractivity contribution < 1.29 is 9.90 Å². The van der Waals surface area contributed by atoms with Crippen LogP contribution in [0.3, 0.4) is 0 Å². The third-order valence-electron chi connectivity index (χ3n) is 3.40. The first-order valence-electron chi connectivity index (χ1n) is 7.31. The van der Waals surface area contributed by atoms with Gasteiger partial charge in [-0.2, -0.15) is 5.26 Å². The van der Waals surface area contributed by atoms with E-state index in [1.165, 1.54) is 17.7 Å². The molecule has 0 saturated carbocycles. The van der Waals surface area contributed by atoms with E-state index < -0.39 is 5.91 Å². The molecule has 0 saturated heterocycles. The summed E-state index contributed by atoms with van der Waals surface area (Å²) in [6.07, 6.45) is 1.56. The number of amides is 1. The summed E-state index contributed by atoms with van der Waals surface area (Å²) in [7, 11) is 0. The van der Waals surface area contributed by atoms with E-state index >= 15 is 0 Å². The third kappa shape index (κ3) is 4.45. The minimum absolute atomic E-state index is 0.0235. The standard InChI is InChI=1S/C19H18N2O2/c1-13(2)15-5-3-14(4-6-15)11-16(12-20)19(23)21-17-7-9-18(22)10-8-17/h3-11,13,22H,1-2H3,(H,21,23)/b16-11+. The molecule has 0 unspecified atom stereocenters. The molecule has 23 heavy (non-hydrogen) atoms. The van der Waals surface area contributed by atoms with E-state index in [2.05, 4.69) is 19.2 Å². The van der Waals surface area contributed by atoms with Crippen molar-refractivity contribution >= 4 is 17.7 Å². The van der Waals surface area contributed by atoms with Crippen molar-refractivity contribution in [1.82, 2.24) is 0 Å². The number of anilines is 1. The lowest BCUT2D eigenvalue weighted by molar-refractivity contribution is -0.112. The molecule has 2 rings (SSSR count). The predicted molar refractivity (Wildman–Crippen MR) is 90.9 cm³/mol. The third-order valence-corrected chi connectivity index (χ3v) is 3.40. The maximum Gasteiger partial charge on any atom is 0.266 e. The summed E-state index contributed by atoms with van der Waals surface area (Å²) in [5.41, 5.74) is 2.54. The highest BCUT2D eigenvalue weighted by atomic mass is 16.3. The zero-order valence-corrected chi connectivity index (χ0v) is 13.1. The van der Waals surface area contributed by atoms with Crippen LogP contribution in [0.5, 0.6) is 5.75 Å². The second-order valence-electron chi connectivity index (χ2n) is 5.49. The van der Waals surface area contributed by atoms with Gasteiger partial charge in [-0.3, -0.25) is 4.79 Å². The van der Waals surface area contributed by atoms with Crippen LogP contribution in [0.2, 0.25) is 0 Å². The lowest BCUT2D eigenvalue weighted by Gasteiger charge is -2.06. The highest BCUT2D eigenvalue weighted by Crippen LogP contribution is 2.17. The maximum atomic E-state index is 12.1. The van der Waals surface area contributed by atoms with Crippen LogP contribution in [-0.2, 0) is 4.79 Å². The zero-order valence-electron chi connectivity index (χ0n) is 13.1. The molecule has 2 N–H and O–H groups in total. The lowest BCUT2D eigenvalue weighted by atomic mass is 10.0. The van der Waals surface area contributed by atoms with Gasteiger partial charge in [0.2, 0.25) is 0 Å². The number of rotatable bonds is 4. The normalized spacial score (nSPS) is 11.1. The van der Waals surface area contributed by atoms with Gasteiger partial charge in [-0.1, -0.05) is 38.1 Å². The highest BCUT2D eigenvalue weighted by Gasteiger charge is 2.09. The van der Waals surface area contributed by atoms with Crippen molar-refractivity contribution in [3.05, 3.63) is 65.2 Å². The van der Waals surface area contributed by atoms with Crippen LogP contribution in [0.15, 0.2) is 54.1 Å². The molecule has 1 amide bonds. The summed E-state index contributed by atoms with van der Waals surface area (Å²) < 4.78 is 0. The van der Waals surface area contributed by atoms with Crippen LogP contribution in [0.25, 0.3) is 6.08 Å². The summed E-state index contributed by atoms with van der Waals surface area (Å²) in [5.74, 6) is 0.0664. The first-order chi connectivity index (χ1) is 11.0. The van der Waals surface area contributed by atoms with Crippen LogP contribution in [0, 0.1) is 11.3 Å². The van der Waals surface area contributed by atoms with Gasteiger partial charge in [-0.15, -0.1) is 0 Å². The number of phenolic OH excluding ortho intramolecular Hbond substituents is 1. The molecule has 0 aliphatic rings. The van der Waals surface area contributed by atoms with Crippen molar-refractivity contribution in [1.29, 1.82) is 5.26 Å². The number of carbonyl (C=O) groups excluding carboxylic acids is 1. The van der Waals surface area contributed by atoms with Gasteiger partial charge in [-0.05, 0) is 47.4 Å². The lowest BCUT2D eigenvalue weighted by Crippen LogP contribution is -2.13. The Morgan fingerprint density at radius 1 is 1.13 bits per heavy atom. The summed E-state index contributed by atoms with van der Waals surface area (Å²) in [6.45, 7) is 4.22. The Hall–Kier alpha value is -3.06. The van der Waals surface area contributed by atoms with Crippen LogP contribution < -0.4 is 5.32 Å². The van der Waals surface area contributed by atoms with Crippen molar-refractivity contribution in [2.45, 2.75) is 19.8 Å². The maximum absolute atomic E-state index is 12.1. The molecule has 0 heterocycles. The molecule has 0 radical (unpaired) electrons. The van der Waals surface area contributed by atoms with Gasteiger partial charge < -0.3 is 10.4 Å². The number of hydrogen-bond acceptors (Lipinski definition) is 3. The van der Waals surface area contributed by atoms with Crippen molar-refractivity contribution in [2.24, 2.45) is 0 Å². The monoisotopic (exact) mass is 306 g/mol. The molecule has 4 heteroatoms. The van der Waals surface area contributed by atoms with Gasteiger partial charge in [0.1, 0.15) is 17.4 Å². The second kappa shape index (κ2) is 7.28. The van der Waals surface area contributed by atoms with E-state index in [9.17, 15) is 15.2 Å². The summed E-state index contributed by atoms with van der Waals surface area (Å²) in [5, 5.41) is 21.1. The summed E-state index contributed by atoms with van der Waals surface area (Å²) in [6, 6.07) is 15.8. The fourth-order valence-corrected chi connectivity index (χ4v) is 2.04. The number of nitrogens with one attached hydrogen (secondary N) is 1. The highest BCUT2D eigenvalue weighted by molar-refractivity contribution is 6.09. The van der Waals surface area contributed by atoms with Crippen LogP contribution in [0.4, 0.5) is 5.69 Å². The molecule has 116 valence electrons. The topological polar surface area (TPSA) is 73.1 Å². The molecular formula is C19H18N2O2. The molecule has 2 aromatic rings. The van der Waals surface area contributed by atoms with E-state index in [4.69, 9.17) is 0 Å². The van der Waals surface area contributed by atoms with Crippen molar-refractivity contribution in [3.63, 3.8) is 0 Å². The molecule has 2 aromatic carbocycles. The fourth-order valence-electron chi connectivity index (χ4n) is 2.04. The molecule has 0 aliphatic heterocycles. The van der Waals surface area contributed by atoms with Gasteiger partial charge in [0.05, 0.1) is 0 Å². The van der Waals surface area contributed by atoms with E-state index in [0.717, 1.165) is 5.56 Å². The molecule has 0 atom stereocenters. The number of hydrogen-bond donors (Lipinski definition) is 2. The molecule has 0 aromatic heterocycles. The van der Waals surface area contributed by atoms with Crippen molar-refractivity contribution in [2.75, 3.05) is 5.32 Å². The van der Waals surface area contributed by atoms with Gasteiger partial charge in [0, 0.05) is 5.69 Å². The minimum atomic E-state index is -0.480. The smallest absolute Gasteiger partial charge is 0.266 e. The Morgan fingerprint density at radius 2 is 1.74 bits per heavy atom. The summed E-state index contributed by atoms with van der Waals surface area (Å²) >= 11 is 0. The van der Waals surface area contributed by atoms with Crippen LogP contribution in [-0.4, -0.2) is 11.0 Å². The molecule has 4 nitrogen and oxygen atoms in total. The first kappa shape index (κ1) is 16.3. The Bertz CT molecular complexity index is 751. The van der Waals surface area contributed by atoms with Crippen molar-refractivity contribution in [3.8, 4) is 11.8 Å². The molecule has 0 fully saturated rings. The zero-order chi connectivity index (χ0) is 16.8. The van der Waals surface area contributed by atoms with E-state index in [1.807, 2.05) is 30.3 Å². The van der Waals surface area contributed by atoms with E-state index in [0.29, 0.717) is 11.6 Å². The van der Waals surface area contributed by atoms with Gasteiger partial charge in [0.15, 0.2) is 0 Å². The number of benzene rings is 2. The van der Waals surface area contributed by atoms with E-state index in [1.54, 1.807) is 18.2 Å². The summed E-state index contributed by atoms with van der Waals surface area (Å²) in [4.78, 5) is 12.1. The number of phenols is 1. The van der Waals surface area contributed by atoms with Gasteiger partial charge in [0.25, 0.3) is 5.91 Å². The molecule has 0 aliphatic carbocycles. The number of aromatic hydroxyl groups is 1. The van der Waals surface area contributed by atoms with Gasteiger partial charge >= 0.3 is 0 Å². The average molecular weight is 306 g/mol. The number of nitriles is 1. The number of carbonyl (C=O) groups is 1. The minimum Gasteiger partial charge on any atom is -0.508 e. The Labute approximate surface area is 135 Å². The predicted octanol–water partition coefficient (Wildman–Crippen LogP) is 4.06. The SMILES string of the molecule is CC(C)c1ccc(/C=C(\C#N)C(=O)Nc2ccc(O)cc2)cc1. The second-order valence-corrected chi connectivity index (χ2v) is 5.49. The molecule has 0 bridgehead atoms. The average Bonchev–Trinajstić information content (AvgIpc) is 2.55. The van der Waals surface area contributed by atoms with E-state index in [-0.39, 0.29) is 11.3 Å². The van der Waals surface area contributed by atoms with Crippen LogP contribution in [0.1, 0.15) is 30.9 Å². The molecular weight excluding hydrogens is 288 g/mol. The Kier molecular flexibility index (Phi) is 5.16. The Morgan fingerprint density at radius 3 is 2.26 bits per heavy atom. The fraction of sp³-hybridized carbons (Fsp3) is 0.158. The number of nitrogens with zero attached hydrogens (tertiary/aromatic N) is 1. The first-order valence-corrected chi connectivity index (χ1v) is 7.31. The quantitative estimate of drug-likeness (QED) is 0.508. The largest absolute Gasteiger partial charge is 0.508 e.